The summed E-state index contributed by atoms with van der Waals surface area (Å²) in [6.07, 6.45) is -3.23. The molecule has 1 aliphatic rings. The monoisotopic (exact) mass is 324 g/mol. The zero-order valence-electron chi connectivity index (χ0n) is 11.0. The van der Waals surface area contributed by atoms with Gasteiger partial charge in [0.05, 0.1) is 19.1 Å². The Morgan fingerprint density at radius 1 is 1.52 bits per heavy atom. The van der Waals surface area contributed by atoms with Crippen LogP contribution in [0.4, 0.5) is 13.2 Å². The number of carbonyl (C=O) groups excluding carboxylic acids is 1. The SMILES string of the molecule is COC(=O)C1(Cn2nc(Cl)cc(C(F)(F)F)c2=O)CCC1. The molecule has 9 heteroatoms. The molecular weight excluding hydrogens is 313 g/mol. The lowest BCUT2D eigenvalue weighted by Gasteiger charge is -2.38. The first-order valence-electron chi connectivity index (χ1n) is 6.13. The highest BCUT2D eigenvalue weighted by molar-refractivity contribution is 6.29. The van der Waals surface area contributed by atoms with Crippen molar-refractivity contribution in [2.45, 2.75) is 32.0 Å². The van der Waals surface area contributed by atoms with E-state index >= 15 is 0 Å². The minimum Gasteiger partial charge on any atom is -0.469 e. The van der Waals surface area contributed by atoms with Gasteiger partial charge in [-0.3, -0.25) is 9.59 Å². The van der Waals surface area contributed by atoms with E-state index in [1.165, 1.54) is 7.11 Å². The molecule has 0 aliphatic heterocycles. The van der Waals surface area contributed by atoms with Gasteiger partial charge in [0.1, 0.15) is 10.7 Å². The molecule has 1 aromatic heterocycles. The summed E-state index contributed by atoms with van der Waals surface area (Å²) in [4.78, 5) is 23.6. The minimum atomic E-state index is -4.83. The largest absolute Gasteiger partial charge is 0.469 e. The van der Waals surface area contributed by atoms with E-state index < -0.39 is 33.8 Å². The fourth-order valence-electron chi connectivity index (χ4n) is 2.35. The van der Waals surface area contributed by atoms with Crippen molar-refractivity contribution in [2.24, 2.45) is 5.41 Å². The maximum Gasteiger partial charge on any atom is 0.421 e. The number of ether oxygens (including phenoxy) is 1. The first-order chi connectivity index (χ1) is 9.69. The molecule has 0 spiro atoms. The number of methoxy groups -OCH3 is 1. The fraction of sp³-hybridized carbons (Fsp3) is 0.583. The van der Waals surface area contributed by atoms with Crippen LogP contribution in [-0.4, -0.2) is 22.9 Å². The van der Waals surface area contributed by atoms with E-state index in [0.717, 1.165) is 6.42 Å². The Kier molecular flexibility index (Phi) is 4.01. The molecule has 1 heterocycles. The molecule has 0 amide bonds. The van der Waals surface area contributed by atoms with Gasteiger partial charge >= 0.3 is 12.1 Å². The van der Waals surface area contributed by atoms with Crippen molar-refractivity contribution in [2.75, 3.05) is 7.11 Å². The molecule has 0 aromatic carbocycles. The van der Waals surface area contributed by atoms with Crippen LogP contribution in [-0.2, 0) is 22.3 Å². The predicted octanol–water partition coefficient (Wildman–Crippen LogP) is 2.26. The molecule has 2 rings (SSSR count). The maximum atomic E-state index is 12.8. The van der Waals surface area contributed by atoms with E-state index in [0.29, 0.717) is 23.6 Å². The zero-order valence-corrected chi connectivity index (χ0v) is 11.8. The molecule has 116 valence electrons. The second kappa shape index (κ2) is 5.32. The lowest BCUT2D eigenvalue weighted by Crippen LogP contribution is -2.46. The summed E-state index contributed by atoms with van der Waals surface area (Å²) in [6, 6.07) is 0.478. The number of aromatic nitrogens is 2. The molecule has 1 saturated carbocycles. The maximum absolute atomic E-state index is 12.8. The highest BCUT2D eigenvalue weighted by Crippen LogP contribution is 2.43. The predicted molar refractivity (Wildman–Crippen MR) is 66.8 cm³/mol. The van der Waals surface area contributed by atoms with Crippen LogP contribution in [0.5, 0.6) is 0 Å². The summed E-state index contributed by atoms with van der Waals surface area (Å²) >= 11 is 5.54. The summed E-state index contributed by atoms with van der Waals surface area (Å²) in [7, 11) is 1.19. The molecule has 1 aliphatic carbocycles. The topological polar surface area (TPSA) is 61.2 Å². The van der Waals surface area contributed by atoms with Crippen LogP contribution in [0.3, 0.4) is 0 Å². The number of hydrogen-bond donors (Lipinski definition) is 0. The van der Waals surface area contributed by atoms with Crippen LogP contribution >= 0.6 is 11.6 Å². The smallest absolute Gasteiger partial charge is 0.421 e. The molecule has 1 fully saturated rings. The van der Waals surface area contributed by atoms with Crippen molar-refractivity contribution >= 4 is 17.6 Å². The second-order valence-electron chi connectivity index (χ2n) is 4.97. The Balaban J connectivity index is 2.44. The van der Waals surface area contributed by atoms with Gasteiger partial charge in [-0.1, -0.05) is 18.0 Å². The molecule has 21 heavy (non-hydrogen) atoms. The van der Waals surface area contributed by atoms with Gasteiger partial charge in [-0.05, 0) is 18.9 Å². The molecular formula is C12H12ClF3N2O3. The van der Waals surface area contributed by atoms with Gasteiger partial charge in [-0.15, -0.1) is 0 Å². The Hall–Kier alpha value is -1.57. The lowest BCUT2D eigenvalue weighted by molar-refractivity contribution is -0.160. The molecule has 0 bridgehead atoms. The van der Waals surface area contributed by atoms with E-state index in [9.17, 15) is 22.8 Å². The average Bonchev–Trinajstić information content (AvgIpc) is 2.35. The quantitative estimate of drug-likeness (QED) is 0.800. The summed E-state index contributed by atoms with van der Waals surface area (Å²) in [5, 5.41) is 3.14. The standard InChI is InChI=1S/C12H12ClF3N2O3/c1-21-10(20)11(3-2-4-11)6-18-9(19)7(12(14,15)16)5-8(13)17-18/h5H,2-4,6H2,1H3. The second-order valence-corrected chi connectivity index (χ2v) is 5.35. The number of hydrogen-bond acceptors (Lipinski definition) is 4. The van der Waals surface area contributed by atoms with E-state index in [1.807, 2.05) is 0 Å². The van der Waals surface area contributed by atoms with Crippen molar-refractivity contribution in [3.05, 3.63) is 27.1 Å². The number of rotatable bonds is 3. The number of esters is 1. The van der Waals surface area contributed by atoms with Gasteiger partial charge in [0.2, 0.25) is 0 Å². The zero-order chi connectivity index (χ0) is 15.8. The number of carbonyl (C=O) groups is 1. The molecule has 0 saturated heterocycles. The molecule has 0 radical (unpaired) electrons. The fourth-order valence-corrected chi connectivity index (χ4v) is 2.55. The van der Waals surface area contributed by atoms with Crippen LogP contribution in [0.15, 0.2) is 10.9 Å². The van der Waals surface area contributed by atoms with E-state index in [4.69, 9.17) is 11.6 Å². The Bertz CT molecular complexity index is 623. The van der Waals surface area contributed by atoms with Gasteiger partial charge in [0, 0.05) is 0 Å². The van der Waals surface area contributed by atoms with Crippen LogP contribution in [0.25, 0.3) is 0 Å². The summed E-state index contributed by atoms with van der Waals surface area (Å²) < 4.78 is 43.6. The van der Waals surface area contributed by atoms with E-state index in [-0.39, 0.29) is 6.54 Å². The number of alkyl halides is 3. The van der Waals surface area contributed by atoms with E-state index in [1.54, 1.807) is 0 Å². The van der Waals surface area contributed by atoms with Gasteiger partial charge < -0.3 is 4.74 Å². The minimum absolute atomic E-state index is 0.276. The number of nitrogens with zero attached hydrogens (tertiary/aromatic N) is 2. The van der Waals surface area contributed by atoms with Gasteiger partial charge in [-0.25, -0.2) is 4.68 Å². The molecule has 0 N–H and O–H groups in total. The van der Waals surface area contributed by atoms with Gasteiger partial charge in [-0.2, -0.15) is 18.3 Å². The van der Waals surface area contributed by atoms with Crippen molar-refractivity contribution in [3.8, 4) is 0 Å². The number of halogens is 4. The third kappa shape index (κ3) is 2.90. The average molecular weight is 325 g/mol. The third-order valence-corrected chi connectivity index (χ3v) is 3.82. The first kappa shape index (κ1) is 15.8. The highest BCUT2D eigenvalue weighted by Gasteiger charge is 2.46. The summed E-state index contributed by atoms with van der Waals surface area (Å²) in [6.45, 7) is -0.276. The summed E-state index contributed by atoms with van der Waals surface area (Å²) in [5.74, 6) is -0.559. The van der Waals surface area contributed by atoms with Crippen molar-refractivity contribution < 1.29 is 22.7 Å². The van der Waals surface area contributed by atoms with Crippen molar-refractivity contribution in [1.29, 1.82) is 0 Å². The highest BCUT2D eigenvalue weighted by atomic mass is 35.5. The Morgan fingerprint density at radius 3 is 2.57 bits per heavy atom. The Morgan fingerprint density at radius 2 is 2.14 bits per heavy atom. The first-order valence-corrected chi connectivity index (χ1v) is 6.51. The van der Waals surface area contributed by atoms with Crippen LogP contribution in [0, 0.1) is 5.41 Å². The molecule has 5 nitrogen and oxygen atoms in total. The van der Waals surface area contributed by atoms with Crippen molar-refractivity contribution in [3.63, 3.8) is 0 Å². The van der Waals surface area contributed by atoms with Crippen molar-refractivity contribution in [1.82, 2.24) is 9.78 Å². The van der Waals surface area contributed by atoms with Gasteiger partial charge in [0.25, 0.3) is 5.56 Å². The molecule has 1 aromatic rings. The molecule has 0 unspecified atom stereocenters. The summed E-state index contributed by atoms with van der Waals surface area (Å²) in [5.41, 5.74) is -3.72. The van der Waals surface area contributed by atoms with Crippen LogP contribution in [0.2, 0.25) is 5.15 Å². The Labute approximate surface area is 122 Å². The van der Waals surface area contributed by atoms with Gasteiger partial charge in [0.15, 0.2) is 0 Å². The normalized spacial score (nSPS) is 17.2. The van der Waals surface area contributed by atoms with E-state index in [2.05, 4.69) is 9.84 Å². The third-order valence-electron chi connectivity index (χ3n) is 3.63. The van der Waals surface area contributed by atoms with Crippen LogP contribution in [0.1, 0.15) is 24.8 Å². The molecule has 0 atom stereocenters. The van der Waals surface area contributed by atoms with Crippen LogP contribution < -0.4 is 5.56 Å². The lowest BCUT2D eigenvalue weighted by atomic mass is 9.68.